The first-order valence-corrected chi connectivity index (χ1v) is 7.34. The molecular formula is C13H22ClNO2. The van der Waals surface area contributed by atoms with Crippen molar-refractivity contribution in [3.63, 3.8) is 0 Å². The van der Waals surface area contributed by atoms with E-state index in [0.717, 1.165) is 45.3 Å². The van der Waals surface area contributed by atoms with Gasteiger partial charge in [0.1, 0.15) is 6.10 Å². The number of carbonyl (C=O) groups is 1. The summed E-state index contributed by atoms with van der Waals surface area (Å²) in [6.07, 6.45) is 7.42. The lowest BCUT2D eigenvalue weighted by Crippen LogP contribution is -2.47. The summed E-state index contributed by atoms with van der Waals surface area (Å²) >= 11 is 6.00. The maximum Gasteiger partial charge on any atom is 0.251 e. The van der Waals surface area contributed by atoms with Crippen LogP contribution >= 0.6 is 11.6 Å². The molecule has 0 aromatic rings. The van der Waals surface area contributed by atoms with Crippen LogP contribution in [-0.4, -0.2) is 42.0 Å². The van der Waals surface area contributed by atoms with Crippen molar-refractivity contribution in [2.75, 3.05) is 19.0 Å². The summed E-state index contributed by atoms with van der Waals surface area (Å²) in [5.74, 6) is 0.732. The van der Waals surface area contributed by atoms with Gasteiger partial charge in [-0.2, -0.15) is 0 Å². The normalized spacial score (nSPS) is 31.0. The van der Waals surface area contributed by atoms with Crippen LogP contribution in [0.4, 0.5) is 0 Å². The summed E-state index contributed by atoms with van der Waals surface area (Å²) in [6, 6.07) is 0.220. The van der Waals surface area contributed by atoms with E-state index in [-0.39, 0.29) is 18.1 Å². The molecule has 17 heavy (non-hydrogen) atoms. The number of amides is 1. The molecule has 0 aromatic carbocycles. The summed E-state index contributed by atoms with van der Waals surface area (Å²) in [6.45, 7) is 1.59. The maximum atomic E-state index is 12.4. The molecule has 0 bridgehead atoms. The first kappa shape index (κ1) is 13.2. The Balaban J connectivity index is 1.98. The molecular weight excluding hydrogens is 238 g/mol. The van der Waals surface area contributed by atoms with Crippen LogP contribution in [0.3, 0.4) is 0 Å². The lowest BCUT2D eigenvalue weighted by Gasteiger charge is -2.33. The summed E-state index contributed by atoms with van der Waals surface area (Å²) in [5.41, 5.74) is 0. The number of carbonyl (C=O) groups excluding carboxylic acids is 1. The van der Waals surface area contributed by atoms with Crippen LogP contribution in [-0.2, 0) is 9.53 Å². The Labute approximate surface area is 108 Å². The van der Waals surface area contributed by atoms with Gasteiger partial charge < -0.3 is 9.64 Å². The van der Waals surface area contributed by atoms with E-state index < -0.39 is 0 Å². The highest BCUT2D eigenvalue weighted by Gasteiger charge is 2.31. The summed E-state index contributed by atoms with van der Waals surface area (Å²) in [7, 11) is 0. The fourth-order valence-electron chi connectivity index (χ4n) is 2.75. The molecule has 98 valence electrons. The first-order valence-electron chi connectivity index (χ1n) is 6.81. The summed E-state index contributed by atoms with van der Waals surface area (Å²) < 4.78 is 5.59. The van der Waals surface area contributed by atoms with Gasteiger partial charge in [-0.1, -0.05) is 12.8 Å². The van der Waals surface area contributed by atoms with E-state index >= 15 is 0 Å². The van der Waals surface area contributed by atoms with Gasteiger partial charge >= 0.3 is 0 Å². The monoisotopic (exact) mass is 259 g/mol. The maximum absolute atomic E-state index is 12.4. The molecule has 0 N–H and O–H groups in total. The lowest BCUT2D eigenvalue weighted by molar-refractivity contribution is -0.148. The number of ether oxygens (including phenoxy) is 1. The zero-order chi connectivity index (χ0) is 12.1. The van der Waals surface area contributed by atoms with Crippen LogP contribution < -0.4 is 0 Å². The van der Waals surface area contributed by atoms with Gasteiger partial charge in [0.15, 0.2) is 0 Å². The van der Waals surface area contributed by atoms with E-state index in [0.29, 0.717) is 5.88 Å². The average molecular weight is 260 g/mol. The van der Waals surface area contributed by atoms with Crippen molar-refractivity contribution < 1.29 is 9.53 Å². The minimum atomic E-state index is -0.201. The van der Waals surface area contributed by atoms with Gasteiger partial charge in [0.2, 0.25) is 0 Å². The smallest absolute Gasteiger partial charge is 0.251 e. The number of likely N-dealkylation sites (tertiary alicyclic amines) is 1. The number of alkyl halides is 1. The molecule has 2 atom stereocenters. The van der Waals surface area contributed by atoms with Gasteiger partial charge in [-0.25, -0.2) is 0 Å². The Morgan fingerprint density at radius 2 is 2.00 bits per heavy atom. The van der Waals surface area contributed by atoms with E-state index in [2.05, 4.69) is 0 Å². The van der Waals surface area contributed by atoms with Crippen LogP contribution in [0.1, 0.15) is 44.9 Å². The molecule has 0 aromatic heterocycles. The molecule has 1 amide bonds. The quantitative estimate of drug-likeness (QED) is 0.714. The molecule has 0 spiro atoms. The molecule has 0 radical (unpaired) electrons. The Kier molecular flexibility index (Phi) is 5.11. The standard InChI is InChI=1S/C13H22ClNO2/c14-10-11-6-2-1-4-8-15(11)13(16)12-7-3-5-9-17-12/h11-12H,1-10H2. The van der Waals surface area contributed by atoms with Gasteiger partial charge in [-0.05, 0) is 32.1 Å². The molecule has 2 aliphatic heterocycles. The topological polar surface area (TPSA) is 29.5 Å². The zero-order valence-corrected chi connectivity index (χ0v) is 11.1. The molecule has 3 nitrogen and oxygen atoms in total. The fourth-order valence-corrected chi connectivity index (χ4v) is 3.07. The minimum absolute atomic E-state index is 0.178. The molecule has 0 saturated carbocycles. The average Bonchev–Trinajstić information content (AvgIpc) is 2.64. The van der Waals surface area contributed by atoms with Crippen LogP contribution in [0.25, 0.3) is 0 Å². The predicted octanol–water partition coefficient (Wildman–Crippen LogP) is 2.57. The van der Waals surface area contributed by atoms with E-state index in [9.17, 15) is 4.79 Å². The number of halogens is 1. The second-order valence-corrected chi connectivity index (χ2v) is 5.35. The highest BCUT2D eigenvalue weighted by molar-refractivity contribution is 6.18. The fraction of sp³-hybridized carbons (Fsp3) is 0.923. The summed E-state index contributed by atoms with van der Waals surface area (Å²) in [5, 5.41) is 0. The Morgan fingerprint density at radius 3 is 2.71 bits per heavy atom. The second-order valence-electron chi connectivity index (χ2n) is 5.04. The van der Waals surface area contributed by atoms with Gasteiger partial charge in [0.25, 0.3) is 5.91 Å². The van der Waals surface area contributed by atoms with Crippen LogP contribution in [0.5, 0.6) is 0 Å². The van der Waals surface area contributed by atoms with E-state index in [1.54, 1.807) is 0 Å². The third-order valence-corrected chi connectivity index (χ3v) is 4.15. The van der Waals surface area contributed by atoms with Crippen LogP contribution in [0, 0.1) is 0 Å². The van der Waals surface area contributed by atoms with Crippen LogP contribution in [0.2, 0.25) is 0 Å². The van der Waals surface area contributed by atoms with E-state index in [1.807, 2.05) is 4.90 Å². The van der Waals surface area contributed by atoms with E-state index in [1.165, 1.54) is 12.8 Å². The number of hydrogen-bond donors (Lipinski definition) is 0. The Bertz CT molecular complexity index is 254. The van der Waals surface area contributed by atoms with Crippen LogP contribution in [0.15, 0.2) is 0 Å². The van der Waals surface area contributed by atoms with Gasteiger partial charge in [-0.15, -0.1) is 11.6 Å². The summed E-state index contributed by atoms with van der Waals surface area (Å²) in [4.78, 5) is 14.4. The van der Waals surface area contributed by atoms with Crippen molar-refractivity contribution in [3.8, 4) is 0 Å². The zero-order valence-electron chi connectivity index (χ0n) is 10.4. The number of nitrogens with zero attached hydrogens (tertiary/aromatic N) is 1. The van der Waals surface area contributed by atoms with E-state index in [4.69, 9.17) is 16.3 Å². The highest BCUT2D eigenvalue weighted by Crippen LogP contribution is 2.22. The molecule has 4 heteroatoms. The lowest BCUT2D eigenvalue weighted by atomic mass is 10.1. The van der Waals surface area contributed by atoms with Gasteiger partial charge in [0, 0.05) is 25.1 Å². The predicted molar refractivity (Wildman–Crippen MR) is 68.3 cm³/mol. The largest absolute Gasteiger partial charge is 0.368 e. The third-order valence-electron chi connectivity index (χ3n) is 3.79. The van der Waals surface area contributed by atoms with Crippen molar-refractivity contribution in [3.05, 3.63) is 0 Å². The van der Waals surface area contributed by atoms with Crippen molar-refractivity contribution in [2.45, 2.75) is 57.1 Å². The number of rotatable bonds is 2. The molecule has 2 saturated heterocycles. The van der Waals surface area contributed by atoms with Crippen molar-refractivity contribution >= 4 is 17.5 Å². The van der Waals surface area contributed by atoms with Crippen molar-refractivity contribution in [1.29, 1.82) is 0 Å². The Hall–Kier alpha value is -0.280. The highest BCUT2D eigenvalue weighted by atomic mass is 35.5. The molecule has 2 rings (SSSR count). The van der Waals surface area contributed by atoms with Crippen molar-refractivity contribution in [1.82, 2.24) is 4.90 Å². The van der Waals surface area contributed by atoms with Gasteiger partial charge in [0.05, 0.1) is 0 Å². The number of hydrogen-bond acceptors (Lipinski definition) is 2. The minimum Gasteiger partial charge on any atom is -0.368 e. The molecule has 2 unspecified atom stereocenters. The van der Waals surface area contributed by atoms with Crippen molar-refractivity contribution in [2.24, 2.45) is 0 Å². The molecule has 2 aliphatic rings. The Morgan fingerprint density at radius 1 is 1.18 bits per heavy atom. The second kappa shape index (κ2) is 6.60. The SMILES string of the molecule is O=C(C1CCCCO1)N1CCCCCC1CCl. The third kappa shape index (κ3) is 3.35. The molecule has 2 fully saturated rings. The first-order chi connectivity index (χ1) is 8.33. The molecule has 2 heterocycles. The molecule has 0 aliphatic carbocycles. The van der Waals surface area contributed by atoms with Gasteiger partial charge in [-0.3, -0.25) is 4.79 Å².